The molecule has 2 N–H and O–H groups in total. The summed E-state index contributed by atoms with van der Waals surface area (Å²) in [6.07, 6.45) is 5.81. The van der Waals surface area contributed by atoms with Gasteiger partial charge in [-0.1, -0.05) is 18.2 Å². The Morgan fingerprint density at radius 2 is 2.10 bits per heavy atom. The Bertz CT molecular complexity index is 702. The summed E-state index contributed by atoms with van der Waals surface area (Å²) in [5.41, 5.74) is 3.26. The lowest BCUT2D eigenvalue weighted by atomic mass is 10.1. The number of hydrogen-bond acceptors (Lipinski definition) is 3. The first kappa shape index (κ1) is 12.8. The van der Waals surface area contributed by atoms with Crippen molar-refractivity contribution in [3.8, 4) is 11.3 Å². The van der Waals surface area contributed by atoms with Crippen LogP contribution in [0.4, 0.5) is 0 Å². The van der Waals surface area contributed by atoms with Gasteiger partial charge in [-0.3, -0.25) is 0 Å². The fraction of sp³-hybridized carbons (Fsp3) is 0.250. The molecule has 0 saturated heterocycles. The molecule has 0 atom stereocenters. The lowest BCUT2D eigenvalue weighted by Crippen LogP contribution is -2.09. The number of benzene rings is 1. The molecule has 0 bridgehead atoms. The topological polar surface area (TPSA) is 53.6 Å². The average Bonchev–Trinajstić information content (AvgIpc) is 2.92. The monoisotopic (exact) mass is 266 g/mol. The summed E-state index contributed by atoms with van der Waals surface area (Å²) >= 11 is 0. The van der Waals surface area contributed by atoms with E-state index in [0.717, 1.165) is 42.0 Å². The highest BCUT2D eigenvalue weighted by Gasteiger charge is 2.07. The van der Waals surface area contributed by atoms with E-state index in [0.29, 0.717) is 0 Å². The molecule has 0 spiro atoms. The van der Waals surface area contributed by atoms with Crippen molar-refractivity contribution < 1.29 is 0 Å². The van der Waals surface area contributed by atoms with Gasteiger partial charge in [0.25, 0.3) is 0 Å². The van der Waals surface area contributed by atoms with Crippen molar-refractivity contribution in [2.75, 3.05) is 13.6 Å². The standard InChI is InChI=1S/C16H18N4/c1-17-9-4-7-16-18-10-8-15(20-16)13-11-19-14-6-3-2-5-12(13)14/h2-3,5-6,8,10-11,17,19H,4,7,9H2,1H3. The van der Waals surface area contributed by atoms with Crippen LogP contribution in [0.5, 0.6) is 0 Å². The van der Waals surface area contributed by atoms with Crippen molar-refractivity contribution in [2.45, 2.75) is 12.8 Å². The minimum Gasteiger partial charge on any atom is -0.360 e. The SMILES string of the molecule is CNCCCc1nccc(-c2c[nH]c3ccccc23)n1. The molecular weight excluding hydrogens is 248 g/mol. The first-order valence-corrected chi connectivity index (χ1v) is 6.91. The molecule has 2 heterocycles. The van der Waals surface area contributed by atoms with E-state index in [2.05, 4.69) is 38.5 Å². The predicted molar refractivity (Wildman–Crippen MR) is 81.6 cm³/mol. The summed E-state index contributed by atoms with van der Waals surface area (Å²) in [7, 11) is 1.96. The van der Waals surface area contributed by atoms with Crippen LogP contribution in [0.2, 0.25) is 0 Å². The quantitative estimate of drug-likeness (QED) is 0.698. The smallest absolute Gasteiger partial charge is 0.128 e. The van der Waals surface area contributed by atoms with Gasteiger partial charge in [0.2, 0.25) is 0 Å². The van der Waals surface area contributed by atoms with Gasteiger partial charge in [-0.2, -0.15) is 0 Å². The fourth-order valence-electron chi connectivity index (χ4n) is 2.38. The van der Waals surface area contributed by atoms with Crippen molar-refractivity contribution in [1.29, 1.82) is 0 Å². The Balaban J connectivity index is 1.92. The van der Waals surface area contributed by atoms with Crippen LogP contribution < -0.4 is 5.32 Å². The number of para-hydroxylation sites is 1. The second kappa shape index (κ2) is 5.84. The molecule has 4 heteroatoms. The predicted octanol–water partition coefficient (Wildman–Crippen LogP) is 2.78. The van der Waals surface area contributed by atoms with Crippen LogP contribution in [0.1, 0.15) is 12.2 Å². The lowest BCUT2D eigenvalue weighted by molar-refractivity contribution is 0.703. The van der Waals surface area contributed by atoms with E-state index in [-0.39, 0.29) is 0 Å². The number of H-pyrrole nitrogens is 1. The van der Waals surface area contributed by atoms with E-state index in [9.17, 15) is 0 Å². The Kier molecular flexibility index (Phi) is 3.74. The molecular formula is C16H18N4. The van der Waals surface area contributed by atoms with E-state index in [1.807, 2.05) is 31.6 Å². The second-order valence-corrected chi connectivity index (χ2v) is 4.81. The van der Waals surface area contributed by atoms with Crippen LogP contribution in [0.3, 0.4) is 0 Å². The van der Waals surface area contributed by atoms with Gasteiger partial charge in [0, 0.05) is 35.3 Å². The zero-order chi connectivity index (χ0) is 13.8. The molecule has 0 aliphatic rings. The zero-order valence-electron chi connectivity index (χ0n) is 11.6. The number of aryl methyl sites for hydroxylation is 1. The van der Waals surface area contributed by atoms with Crippen molar-refractivity contribution >= 4 is 10.9 Å². The number of fused-ring (bicyclic) bond motifs is 1. The van der Waals surface area contributed by atoms with Gasteiger partial charge >= 0.3 is 0 Å². The molecule has 1 aromatic carbocycles. The number of nitrogens with zero attached hydrogens (tertiary/aromatic N) is 2. The Morgan fingerprint density at radius 1 is 1.20 bits per heavy atom. The zero-order valence-corrected chi connectivity index (χ0v) is 11.6. The van der Waals surface area contributed by atoms with Gasteiger partial charge in [-0.25, -0.2) is 9.97 Å². The summed E-state index contributed by atoms with van der Waals surface area (Å²) in [6.45, 7) is 0.987. The molecule has 102 valence electrons. The largest absolute Gasteiger partial charge is 0.360 e. The molecule has 0 aliphatic heterocycles. The molecule has 3 aromatic rings. The summed E-state index contributed by atoms with van der Waals surface area (Å²) in [6, 6.07) is 10.2. The number of aromatic amines is 1. The number of rotatable bonds is 5. The average molecular weight is 266 g/mol. The van der Waals surface area contributed by atoms with Gasteiger partial charge in [0.05, 0.1) is 5.69 Å². The van der Waals surface area contributed by atoms with E-state index in [1.54, 1.807) is 0 Å². The maximum Gasteiger partial charge on any atom is 0.128 e. The molecule has 0 amide bonds. The van der Waals surface area contributed by atoms with Gasteiger partial charge in [0.1, 0.15) is 5.82 Å². The van der Waals surface area contributed by atoms with E-state index < -0.39 is 0 Å². The van der Waals surface area contributed by atoms with Crippen LogP contribution in [-0.2, 0) is 6.42 Å². The minimum absolute atomic E-state index is 0.900. The summed E-state index contributed by atoms with van der Waals surface area (Å²) in [5, 5.41) is 4.35. The molecule has 4 nitrogen and oxygen atoms in total. The lowest BCUT2D eigenvalue weighted by Gasteiger charge is -2.03. The van der Waals surface area contributed by atoms with Crippen LogP contribution in [0.25, 0.3) is 22.2 Å². The minimum atomic E-state index is 0.900. The summed E-state index contributed by atoms with van der Waals surface area (Å²) < 4.78 is 0. The van der Waals surface area contributed by atoms with Crippen molar-refractivity contribution in [3.05, 3.63) is 48.5 Å². The van der Waals surface area contributed by atoms with Crippen molar-refractivity contribution in [3.63, 3.8) is 0 Å². The third-order valence-corrected chi connectivity index (χ3v) is 3.40. The fourth-order valence-corrected chi connectivity index (χ4v) is 2.38. The molecule has 20 heavy (non-hydrogen) atoms. The molecule has 0 unspecified atom stereocenters. The molecule has 0 radical (unpaired) electrons. The van der Waals surface area contributed by atoms with Crippen LogP contribution in [0, 0.1) is 0 Å². The molecule has 0 fully saturated rings. The van der Waals surface area contributed by atoms with Crippen LogP contribution in [-0.4, -0.2) is 28.5 Å². The highest BCUT2D eigenvalue weighted by molar-refractivity contribution is 5.94. The Hall–Kier alpha value is -2.20. The van der Waals surface area contributed by atoms with E-state index in [1.165, 1.54) is 5.39 Å². The first-order chi connectivity index (χ1) is 9.88. The summed E-state index contributed by atoms with van der Waals surface area (Å²) in [5.74, 6) is 0.906. The van der Waals surface area contributed by atoms with Gasteiger partial charge in [-0.05, 0) is 32.1 Å². The van der Waals surface area contributed by atoms with Crippen LogP contribution >= 0.6 is 0 Å². The highest BCUT2D eigenvalue weighted by atomic mass is 14.9. The van der Waals surface area contributed by atoms with Gasteiger partial charge in [-0.15, -0.1) is 0 Å². The number of hydrogen-bond donors (Lipinski definition) is 2. The Labute approximate surface area is 118 Å². The molecule has 3 rings (SSSR count). The van der Waals surface area contributed by atoms with E-state index >= 15 is 0 Å². The number of aromatic nitrogens is 3. The molecule has 0 saturated carbocycles. The van der Waals surface area contributed by atoms with Crippen LogP contribution in [0.15, 0.2) is 42.7 Å². The Morgan fingerprint density at radius 3 is 3.00 bits per heavy atom. The normalized spacial score (nSPS) is 11.1. The van der Waals surface area contributed by atoms with Crippen molar-refractivity contribution in [1.82, 2.24) is 20.3 Å². The highest BCUT2D eigenvalue weighted by Crippen LogP contribution is 2.26. The van der Waals surface area contributed by atoms with Gasteiger partial charge < -0.3 is 10.3 Å². The second-order valence-electron chi connectivity index (χ2n) is 4.81. The van der Waals surface area contributed by atoms with Gasteiger partial charge in [0.15, 0.2) is 0 Å². The number of nitrogens with one attached hydrogen (secondary N) is 2. The maximum atomic E-state index is 4.68. The third kappa shape index (κ3) is 2.56. The van der Waals surface area contributed by atoms with Crippen molar-refractivity contribution in [2.24, 2.45) is 0 Å². The molecule has 2 aromatic heterocycles. The maximum absolute atomic E-state index is 4.68. The van der Waals surface area contributed by atoms with E-state index in [4.69, 9.17) is 0 Å². The molecule has 0 aliphatic carbocycles. The third-order valence-electron chi connectivity index (χ3n) is 3.40. The summed E-state index contributed by atoms with van der Waals surface area (Å²) in [4.78, 5) is 12.3. The first-order valence-electron chi connectivity index (χ1n) is 6.91.